The molecule has 0 aliphatic heterocycles. The van der Waals surface area contributed by atoms with Crippen molar-refractivity contribution in [2.45, 2.75) is 46.5 Å². The quantitative estimate of drug-likeness (QED) is 0.404. The third kappa shape index (κ3) is 6.37. The van der Waals surface area contributed by atoms with Gasteiger partial charge >= 0.3 is 5.97 Å². The van der Waals surface area contributed by atoms with Gasteiger partial charge in [-0.3, -0.25) is 4.79 Å². The van der Waals surface area contributed by atoms with Gasteiger partial charge in [-0.15, -0.1) is 0 Å². The number of hydrogen-bond acceptors (Lipinski definition) is 2. The first-order chi connectivity index (χ1) is 9.63. The van der Waals surface area contributed by atoms with Crippen molar-refractivity contribution in [3.05, 3.63) is 59.4 Å². The fraction of sp³-hybridized carbons (Fsp3) is 0.389. The molecule has 0 saturated carbocycles. The molecule has 0 aromatic heterocycles. The Labute approximate surface area is 122 Å². The summed E-state index contributed by atoms with van der Waals surface area (Å²) in [5, 5.41) is 0. The molecule has 2 nitrogen and oxygen atoms in total. The Kier molecular flexibility index (Phi) is 7.41. The second-order valence-corrected chi connectivity index (χ2v) is 4.98. The summed E-state index contributed by atoms with van der Waals surface area (Å²) in [6, 6.07) is 9.62. The monoisotopic (exact) mass is 272 g/mol. The molecule has 0 amide bonds. The van der Waals surface area contributed by atoms with E-state index >= 15 is 0 Å². The summed E-state index contributed by atoms with van der Waals surface area (Å²) in [5.41, 5.74) is 3.84. The third-order valence-electron chi connectivity index (χ3n) is 3.43. The zero-order valence-corrected chi connectivity index (χ0v) is 12.7. The number of carbonyl (C=O) groups is 1. The van der Waals surface area contributed by atoms with E-state index < -0.39 is 0 Å². The lowest BCUT2D eigenvalue weighted by Gasteiger charge is -2.03. The Bertz CT molecular complexity index is 469. The smallest absolute Gasteiger partial charge is 0.315 e. The lowest BCUT2D eigenvalue weighted by molar-refractivity contribution is -0.137. The number of esters is 1. The summed E-state index contributed by atoms with van der Waals surface area (Å²) in [6.07, 6.45) is 6.77. The van der Waals surface area contributed by atoms with Crippen LogP contribution in [-0.4, -0.2) is 5.97 Å². The maximum atomic E-state index is 11.6. The fourth-order valence-electron chi connectivity index (χ4n) is 1.81. The van der Waals surface area contributed by atoms with E-state index in [0.29, 0.717) is 6.42 Å². The molecule has 0 saturated heterocycles. The fourth-order valence-corrected chi connectivity index (χ4v) is 1.81. The predicted molar refractivity (Wildman–Crippen MR) is 83.3 cm³/mol. The number of hydrogen-bond donors (Lipinski definition) is 0. The Hall–Kier alpha value is -1.83. The first kappa shape index (κ1) is 16.2. The van der Waals surface area contributed by atoms with Crippen molar-refractivity contribution in [2.24, 2.45) is 0 Å². The van der Waals surface area contributed by atoms with E-state index in [-0.39, 0.29) is 5.97 Å². The van der Waals surface area contributed by atoms with Gasteiger partial charge in [-0.25, -0.2) is 0 Å². The molecule has 1 aromatic carbocycles. The van der Waals surface area contributed by atoms with E-state index in [0.717, 1.165) is 24.8 Å². The van der Waals surface area contributed by atoms with Gasteiger partial charge in [0, 0.05) is 0 Å². The van der Waals surface area contributed by atoms with Crippen molar-refractivity contribution in [1.82, 2.24) is 0 Å². The second kappa shape index (κ2) is 9.13. The lowest BCUT2D eigenvalue weighted by Crippen LogP contribution is -2.03. The third-order valence-corrected chi connectivity index (χ3v) is 3.43. The van der Waals surface area contributed by atoms with Crippen LogP contribution in [0.1, 0.15) is 45.6 Å². The van der Waals surface area contributed by atoms with Gasteiger partial charge in [0.25, 0.3) is 0 Å². The number of ether oxygens (including phenoxy) is 1. The molecule has 1 aromatic rings. The number of carbonyl (C=O) groups excluding carboxylic acids is 1. The first-order valence-corrected chi connectivity index (χ1v) is 7.17. The molecule has 0 atom stereocenters. The van der Waals surface area contributed by atoms with Gasteiger partial charge in [0.2, 0.25) is 0 Å². The highest BCUT2D eigenvalue weighted by atomic mass is 16.5. The van der Waals surface area contributed by atoms with E-state index in [2.05, 4.69) is 20.8 Å². The van der Waals surface area contributed by atoms with E-state index in [1.807, 2.05) is 36.4 Å². The van der Waals surface area contributed by atoms with Gasteiger partial charge in [0.15, 0.2) is 0 Å². The van der Waals surface area contributed by atoms with Crippen LogP contribution in [0, 0.1) is 0 Å². The van der Waals surface area contributed by atoms with E-state index in [9.17, 15) is 4.79 Å². The molecule has 0 N–H and O–H groups in total. The Morgan fingerprint density at radius 1 is 1.15 bits per heavy atom. The highest BCUT2D eigenvalue weighted by molar-refractivity contribution is 5.73. The molecule has 0 aliphatic rings. The van der Waals surface area contributed by atoms with Gasteiger partial charge in [-0.05, 0) is 44.7 Å². The molecule has 0 heterocycles. The molecule has 0 spiro atoms. The lowest BCUT2D eigenvalue weighted by atomic mass is 10.0. The van der Waals surface area contributed by atoms with Crippen LogP contribution in [0.4, 0.5) is 0 Å². The minimum absolute atomic E-state index is 0.218. The topological polar surface area (TPSA) is 26.3 Å². The van der Waals surface area contributed by atoms with Crippen molar-refractivity contribution in [3.63, 3.8) is 0 Å². The predicted octanol–water partition coefficient (Wildman–Crippen LogP) is 4.81. The Morgan fingerprint density at radius 2 is 1.85 bits per heavy atom. The summed E-state index contributed by atoms with van der Waals surface area (Å²) in [6.45, 7) is 6.49. The summed E-state index contributed by atoms with van der Waals surface area (Å²) < 4.78 is 5.08. The van der Waals surface area contributed by atoms with Crippen LogP contribution < -0.4 is 0 Å². The SMILES string of the molecule is CC/C(C)=C(\C)CC/C=C/OC(=O)Cc1ccccc1. The van der Waals surface area contributed by atoms with Crippen LogP contribution in [0.2, 0.25) is 0 Å². The molecule has 20 heavy (non-hydrogen) atoms. The Balaban J connectivity index is 2.26. The largest absolute Gasteiger partial charge is 0.435 e. The second-order valence-electron chi connectivity index (χ2n) is 4.98. The number of benzene rings is 1. The van der Waals surface area contributed by atoms with Crippen molar-refractivity contribution in [2.75, 3.05) is 0 Å². The van der Waals surface area contributed by atoms with Crippen LogP contribution in [0.5, 0.6) is 0 Å². The maximum absolute atomic E-state index is 11.6. The molecule has 0 bridgehead atoms. The zero-order valence-electron chi connectivity index (χ0n) is 12.7. The minimum atomic E-state index is -0.218. The average molecular weight is 272 g/mol. The minimum Gasteiger partial charge on any atom is -0.435 e. The highest BCUT2D eigenvalue weighted by Crippen LogP contribution is 2.13. The van der Waals surface area contributed by atoms with Gasteiger partial charge in [-0.2, -0.15) is 0 Å². The summed E-state index contributed by atoms with van der Waals surface area (Å²) in [4.78, 5) is 11.6. The van der Waals surface area contributed by atoms with Crippen molar-refractivity contribution in [1.29, 1.82) is 0 Å². The molecular formula is C18H24O2. The Morgan fingerprint density at radius 3 is 2.50 bits per heavy atom. The van der Waals surface area contributed by atoms with Gasteiger partial charge in [-0.1, -0.05) is 48.4 Å². The molecule has 108 valence electrons. The van der Waals surface area contributed by atoms with E-state index in [1.54, 1.807) is 0 Å². The van der Waals surface area contributed by atoms with Gasteiger partial charge in [0.05, 0.1) is 12.7 Å². The van der Waals surface area contributed by atoms with Crippen LogP contribution in [0.15, 0.2) is 53.8 Å². The van der Waals surface area contributed by atoms with Crippen LogP contribution in [-0.2, 0) is 16.0 Å². The maximum Gasteiger partial charge on any atom is 0.315 e. The molecular weight excluding hydrogens is 248 g/mol. The van der Waals surface area contributed by atoms with Gasteiger partial charge < -0.3 is 4.74 Å². The van der Waals surface area contributed by atoms with Gasteiger partial charge in [0.1, 0.15) is 0 Å². The van der Waals surface area contributed by atoms with E-state index in [1.165, 1.54) is 17.4 Å². The average Bonchev–Trinajstić information content (AvgIpc) is 2.46. The standard InChI is InChI=1S/C18H24O2/c1-4-15(2)16(3)10-8-9-13-20-18(19)14-17-11-6-5-7-12-17/h5-7,9,11-13H,4,8,10,14H2,1-3H3/b13-9+,16-15+. The normalized spacial score (nSPS) is 12.3. The van der Waals surface area contributed by atoms with Crippen molar-refractivity contribution >= 4 is 5.97 Å². The molecule has 0 radical (unpaired) electrons. The summed E-state index contributed by atoms with van der Waals surface area (Å²) in [7, 11) is 0. The first-order valence-electron chi connectivity index (χ1n) is 7.17. The highest BCUT2D eigenvalue weighted by Gasteiger charge is 2.02. The zero-order chi connectivity index (χ0) is 14.8. The van der Waals surface area contributed by atoms with Crippen molar-refractivity contribution < 1.29 is 9.53 Å². The number of allylic oxidation sites excluding steroid dienone is 3. The van der Waals surface area contributed by atoms with Crippen LogP contribution >= 0.6 is 0 Å². The van der Waals surface area contributed by atoms with E-state index in [4.69, 9.17) is 4.74 Å². The molecule has 0 fully saturated rings. The number of rotatable bonds is 7. The molecule has 0 aliphatic carbocycles. The van der Waals surface area contributed by atoms with Crippen molar-refractivity contribution in [3.8, 4) is 0 Å². The summed E-state index contributed by atoms with van der Waals surface area (Å²) >= 11 is 0. The summed E-state index contributed by atoms with van der Waals surface area (Å²) in [5.74, 6) is -0.218. The van der Waals surface area contributed by atoms with Crippen LogP contribution in [0.3, 0.4) is 0 Å². The molecule has 1 rings (SSSR count). The van der Waals surface area contributed by atoms with Crippen LogP contribution in [0.25, 0.3) is 0 Å². The molecule has 0 unspecified atom stereocenters. The molecule has 2 heteroatoms.